The number of morpholine rings is 1. The lowest BCUT2D eigenvalue weighted by Crippen LogP contribution is -3.17. The Labute approximate surface area is 110 Å². The minimum absolute atomic E-state index is 0.719. The Balaban J connectivity index is 1.78. The average molecular weight is 250 g/mol. The van der Waals surface area contributed by atoms with Gasteiger partial charge in [0, 0.05) is 6.42 Å². The van der Waals surface area contributed by atoms with Crippen LogP contribution in [0.25, 0.3) is 0 Å². The Hall–Kier alpha value is -1.06. The highest BCUT2D eigenvalue weighted by Gasteiger charge is 2.20. The molecule has 18 heavy (non-hydrogen) atoms. The monoisotopic (exact) mass is 250 g/mol. The largest absolute Gasteiger partial charge is 0.497 e. The minimum Gasteiger partial charge on any atom is -0.497 e. The normalized spacial score (nSPS) is 18.6. The minimum atomic E-state index is 0.719. The molecule has 1 atom stereocenters. The van der Waals surface area contributed by atoms with Crippen molar-refractivity contribution >= 4 is 0 Å². The number of methoxy groups -OCH3 is 1. The van der Waals surface area contributed by atoms with Gasteiger partial charge in [-0.15, -0.1) is 0 Å². The van der Waals surface area contributed by atoms with E-state index in [-0.39, 0.29) is 0 Å². The van der Waals surface area contributed by atoms with Crippen molar-refractivity contribution in [2.24, 2.45) is 0 Å². The molecule has 0 bridgehead atoms. The predicted octanol–water partition coefficient (Wildman–Crippen LogP) is 0.931. The van der Waals surface area contributed by atoms with Gasteiger partial charge in [0.15, 0.2) is 0 Å². The molecular weight excluding hydrogens is 226 g/mol. The summed E-state index contributed by atoms with van der Waals surface area (Å²) in [7, 11) is 1.71. The van der Waals surface area contributed by atoms with Crippen molar-refractivity contribution in [3.63, 3.8) is 0 Å². The van der Waals surface area contributed by atoms with E-state index in [0.29, 0.717) is 0 Å². The highest BCUT2D eigenvalue weighted by Crippen LogP contribution is 2.12. The predicted molar refractivity (Wildman–Crippen MR) is 72.3 cm³/mol. The number of benzene rings is 1. The van der Waals surface area contributed by atoms with Crippen molar-refractivity contribution in [1.82, 2.24) is 0 Å². The molecule has 0 spiro atoms. The van der Waals surface area contributed by atoms with Crippen LogP contribution in [0, 0.1) is 0 Å². The molecule has 0 amide bonds. The Kier molecular flexibility index (Phi) is 5.02. The van der Waals surface area contributed by atoms with E-state index in [1.54, 1.807) is 12.0 Å². The highest BCUT2D eigenvalue weighted by atomic mass is 16.5. The summed E-state index contributed by atoms with van der Waals surface area (Å²) in [6, 6.07) is 9.14. The summed E-state index contributed by atoms with van der Waals surface area (Å²) < 4.78 is 10.6. The Morgan fingerprint density at radius 1 is 1.22 bits per heavy atom. The number of ether oxygens (including phenoxy) is 2. The molecule has 0 aromatic heterocycles. The van der Waals surface area contributed by atoms with Crippen LogP contribution in [0.4, 0.5) is 0 Å². The zero-order valence-corrected chi connectivity index (χ0v) is 11.4. The summed E-state index contributed by atoms with van der Waals surface area (Å²) in [4.78, 5) is 1.69. The first-order valence-corrected chi connectivity index (χ1v) is 6.85. The van der Waals surface area contributed by atoms with E-state index in [0.717, 1.165) is 44.5 Å². The lowest BCUT2D eigenvalue weighted by atomic mass is 10.0. The maximum absolute atomic E-state index is 5.40. The zero-order valence-electron chi connectivity index (χ0n) is 11.4. The lowest BCUT2D eigenvalue weighted by molar-refractivity contribution is -0.931. The molecule has 1 aromatic carbocycles. The van der Waals surface area contributed by atoms with Gasteiger partial charge >= 0.3 is 0 Å². The van der Waals surface area contributed by atoms with Gasteiger partial charge in [0.1, 0.15) is 18.8 Å². The molecule has 0 radical (unpaired) electrons. The van der Waals surface area contributed by atoms with E-state index in [2.05, 4.69) is 19.1 Å². The summed E-state index contributed by atoms with van der Waals surface area (Å²) in [5, 5.41) is 0. The fourth-order valence-electron chi connectivity index (χ4n) is 2.51. The van der Waals surface area contributed by atoms with Crippen LogP contribution in [0.2, 0.25) is 0 Å². The SMILES string of the molecule is COc1ccc(CC[C@H](C)[NH+]2CCOCC2)cc1. The Bertz CT molecular complexity index is 344. The van der Waals surface area contributed by atoms with Gasteiger partial charge in [-0.05, 0) is 31.0 Å². The maximum atomic E-state index is 5.40. The molecule has 1 saturated heterocycles. The van der Waals surface area contributed by atoms with Crippen molar-refractivity contribution in [1.29, 1.82) is 0 Å². The Morgan fingerprint density at radius 3 is 2.50 bits per heavy atom. The lowest BCUT2D eigenvalue weighted by Gasteiger charge is -2.29. The van der Waals surface area contributed by atoms with Gasteiger partial charge in [0.2, 0.25) is 0 Å². The third kappa shape index (κ3) is 3.72. The van der Waals surface area contributed by atoms with E-state index in [1.807, 2.05) is 12.1 Å². The second kappa shape index (κ2) is 6.76. The highest BCUT2D eigenvalue weighted by molar-refractivity contribution is 5.27. The van der Waals surface area contributed by atoms with Crippen LogP contribution in [0.15, 0.2) is 24.3 Å². The van der Waals surface area contributed by atoms with E-state index in [1.165, 1.54) is 12.0 Å². The van der Waals surface area contributed by atoms with Crippen molar-refractivity contribution in [2.45, 2.75) is 25.8 Å². The molecule has 0 unspecified atom stereocenters. The molecular formula is C15H24NO2+. The van der Waals surface area contributed by atoms with Crippen molar-refractivity contribution in [3.8, 4) is 5.75 Å². The maximum Gasteiger partial charge on any atom is 0.118 e. The van der Waals surface area contributed by atoms with Gasteiger partial charge in [0.05, 0.1) is 26.4 Å². The number of quaternary nitrogens is 1. The van der Waals surface area contributed by atoms with Crippen LogP contribution in [0.3, 0.4) is 0 Å². The molecule has 1 heterocycles. The molecule has 1 aliphatic heterocycles. The average Bonchev–Trinajstić information content (AvgIpc) is 2.46. The second-order valence-electron chi connectivity index (χ2n) is 5.06. The fourth-order valence-corrected chi connectivity index (χ4v) is 2.51. The number of rotatable bonds is 5. The van der Waals surface area contributed by atoms with Gasteiger partial charge in [-0.25, -0.2) is 0 Å². The number of aryl methyl sites for hydroxylation is 1. The summed E-state index contributed by atoms with van der Waals surface area (Å²) >= 11 is 0. The van der Waals surface area contributed by atoms with Gasteiger partial charge < -0.3 is 14.4 Å². The van der Waals surface area contributed by atoms with Crippen LogP contribution in [-0.2, 0) is 11.2 Å². The second-order valence-corrected chi connectivity index (χ2v) is 5.06. The van der Waals surface area contributed by atoms with E-state index in [9.17, 15) is 0 Å². The molecule has 0 aliphatic carbocycles. The molecule has 1 fully saturated rings. The third-order valence-electron chi connectivity index (χ3n) is 3.86. The first kappa shape index (κ1) is 13.4. The summed E-state index contributed by atoms with van der Waals surface area (Å²) in [6.07, 6.45) is 2.39. The molecule has 2 rings (SSSR count). The quantitative estimate of drug-likeness (QED) is 0.840. The molecule has 100 valence electrons. The van der Waals surface area contributed by atoms with Gasteiger partial charge in [-0.3, -0.25) is 0 Å². The third-order valence-corrected chi connectivity index (χ3v) is 3.86. The van der Waals surface area contributed by atoms with Crippen molar-refractivity contribution in [2.75, 3.05) is 33.4 Å². The van der Waals surface area contributed by atoms with Crippen LogP contribution in [0.5, 0.6) is 5.75 Å². The standard InChI is InChI=1S/C15H23NO2/c1-13(16-9-11-18-12-10-16)3-4-14-5-7-15(17-2)8-6-14/h5-8,13H,3-4,9-12H2,1-2H3/p+1/t13-/m0/s1. The summed E-state index contributed by atoms with van der Waals surface area (Å²) in [5.41, 5.74) is 1.40. The molecule has 0 saturated carbocycles. The van der Waals surface area contributed by atoms with Crippen LogP contribution in [0.1, 0.15) is 18.9 Å². The molecule has 1 aromatic rings. The summed E-state index contributed by atoms with van der Waals surface area (Å²) in [5.74, 6) is 0.936. The number of hydrogen-bond acceptors (Lipinski definition) is 2. The van der Waals surface area contributed by atoms with Gasteiger partial charge in [-0.1, -0.05) is 12.1 Å². The van der Waals surface area contributed by atoms with Crippen LogP contribution in [-0.4, -0.2) is 39.5 Å². The van der Waals surface area contributed by atoms with Crippen molar-refractivity contribution in [3.05, 3.63) is 29.8 Å². The first-order valence-electron chi connectivity index (χ1n) is 6.85. The van der Waals surface area contributed by atoms with Crippen LogP contribution >= 0.6 is 0 Å². The van der Waals surface area contributed by atoms with Crippen molar-refractivity contribution < 1.29 is 14.4 Å². The zero-order chi connectivity index (χ0) is 12.8. The first-order chi connectivity index (χ1) is 8.79. The molecule has 3 heteroatoms. The molecule has 3 nitrogen and oxygen atoms in total. The fraction of sp³-hybridized carbons (Fsp3) is 0.600. The number of nitrogens with one attached hydrogen (secondary N) is 1. The van der Waals surface area contributed by atoms with E-state index >= 15 is 0 Å². The van der Waals surface area contributed by atoms with Crippen LogP contribution < -0.4 is 9.64 Å². The Morgan fingerprint density at radius 2 is 1.89 bits per heavy atom. The van der Waals surface area contributed by atoms with E-state index in [4.69, 9.17) is 9.47 Å². The van der Waals surface area contributed by atoms with Gasteiger partial charge in [0.25, 0.3) is 0 Å². The summed E-state index contributed by atoms with van der Waals surface area (Å²) in [6.45, 7) is 6.50. The topological polar surface area (TPSA) is 22.9 Å². The smallest absolute Gasteiger partial charge is 0.118 e. The number of hydrogen-bond donors (Lipinski definition) is 1. The molecule has 1 N–H and O–H groups in total. The van der Waals surface area contributed by atoms with Gasteiger partial charge in [-0.2, -0.15) is 0 Å². The molecule has 1 aliphatic rings. The van der Waals surface area contributed by atoms with E-state index < -0.39 is 0 Å².